The Morgan fingerprint density at radius 1 is 1.46 bits per heavy atom. The quantitative estimate of drug-likeness (QED) is 0.825. The average molecular weight is 348 g/mol. The summed E-state index contributed by atoms with van der Waals surface area (Å²) in [6.45, 7) is 3.34. The van der Waals surface area contributed by atoms with Crippen LogP contribution in [-0.4, -0.2) is 49.5 Å². The Labute approximate surface area is 143 Å². The lowest BCUT2D eigenvalue weighted by atomic mass is 10.1. The third-order valence-electron chi connectivity index (χ3n) is 4.03. The van der Waals surface area contributed by atoms with Crippen molar-refractivity contribution in [3.05, 3.63) is 28.2 Å². The zero-order valence-corrected chi connectivity index (χ0v) is 14.3. The Morgan fingerprint density at radius 3 is 3.08 bits per heavy atom. The number of hydrogen-bond donors (Lipinski definition) is 1. The molecule has 0 saturated carbocycles. The average Bonchev–Trinajstić information content (AvgIpc) is 3.24. The Hall–Kier alpha value is -2.29. The van der Waals surface area contributed by atoms with Gasteiger partial charge in [-0.1, -0.05) is 13.3 Å². The number of tetrazole rings is 1. The number of nitrogens with zero attached hydrogens (tertiary/aromatic N) is 5. The van der Waals surface area contributed by atoms with Crippen LogP contribution in [-0.2, 0) is 29.1 Å². The van der Waals surface area contributed by atoms with Gasteiger partial charge in [0.25, 0.3) is 0 Å². The van der Waals surface area contributed by atoms with Crippen LogP contribution >= 0.6 is 11.3 Å². The number of carbonyl (C=O) groups is 2. The van der Waals surface area contributed by atoms with E-state index in [9.17, 15) is 9.59 Å². The van der Waals surface area contributed by atoms with Crippen molar-refractivity contribution in [3.63, 3.8) is 0 Å². The number of rotatable bonds is 6. The second-order valence-corrected chi connectivity index (χ2v) is 6.80. The molecule has 2 amide bonds. The van der Waals surface area contributed by atoms with Crippen LogP contribution in [0.15, 0.2) is 17.8 Å². The number of hydrogen-bond acceptors (Lipinski definition) is 6. The van der Waals surface area contributed by atoms with Crippen molar-refractivity contribution in [2.75, 3.05) is 6.54 Å². The van der Waals surface area contributed by atoms with E-state index in [0.29, 0.717) is 19.5 Å². The lowest BCUT2D eigenvalue weighted by molar-refractivity contribution is -0.137. The monoisotopic (exact) mass is 348 g/mol. The van der Waals surface area contributed by atoms with Crippen LogP contribution in [0.2, 0.25) is 0 Å². The van der Waals surface area contributed by atoms with E-state index in [1.54, 1.807) is 11.3 Å². The smallest absolute Gasteiger partial charge is 0.245 e. The molecule has 2 aromatic rings. The van der Waals surface area contributed by atoms with Gasteiger partial charge in [0.2, 0.25) is 11.8 Å². The van der Waals surface area contributed by atoms with E-state index in [1.807, 2.05) is 11.8 Å². The molecule has 0 bridgehead atoms. The van der Waals surface area contributed by atoms with Crippen molar-refractivity contribution in [3.8, 4) is 0 Å². The molecule has 128 valence electrons. The van der Waals surface area contributed by atoms with E-state index in [4.69, 9.17) is 0 Å². The van der Waals surface area contributed by atoms with Crippen molar-refractivity contribution < 1.29 is 9.59 Å². The number of nitrogens with one attached hydrogen (secondary N) is 1. The Morgan fingerprint density at radius 2 is 2.33 bits per heavy atom. The molecule has 0 saturated heterocycles. The molecule has 0 fully saturated rings. The zero-order valence-electron chi connectivity index (χ0n) is 13.5. The summed E-state index contributed by atoms with van der Waals surface area (Å²) in [5, 5.41) is 15.5. The lowest BCUT2D eigenvalue weighted by Gasteiger charge is -2.30. The fourth-order valence-corrected chi connectivity index (χ4v) is 3.73. The maximum absolute atomic E-state index is 12.8. The minimum Gasteiger partial charge on any atom is -0.343 e. The molecule has 0 radical (unpaired) electrons. The summed E-state index contributed by atoms with van der Waals surface area (Å²) >= 11 is 1.74. The number of amides is 2. The van der Waals surface area contributed by atoms with Gasteiger partial charge in [0.15, 0.2) is 0 Å². The van der Waals surface area contributed by atoms with Gasteiger partial charge in [-0.2, -0.15) is 0 Å². The third kappa shape index (κ3) is 3.78. The molecule has 1 aliphatic heterocycles. The standard InChI is InChI=1S/C15H20N6O2S/c1-2-3-12(17-14(22)9-21-10-16-18-19-21)15(23)20-6-4-13-11(8-20)5-7-24-13/h5,7,10,12H,2-4,6,8-9H2,1H3,(H,17,22)/t12-/m1/s1. The molecule has 1 N–H and O–H groups in total. The highest BCUT2D eigenvalue weighted by Crippen LogP contribution is 2.24. The van der Waals surface area contributed by atoms with Crippen LogP contribution in [0.25, 0.3) is 0 Å². The van der Waals surface area contributed by atoms with Crippen LogP contribution < -0.4 is 5.32 Å². The molecule has 0 aliphatic carbocycles. The summed E-state index contributed by atoms with van der Waals surface area (Å²) in [5.74, 6) is -0.277. The van der Waals surface area contributed by atoms with E-state index < -0.39 is 6.04 Å². The largest absolute Gasteiger partial charge is 0.343 e. The molecular formula is C15H20N6O2S. The Kier molecular flexibility index (Phi) is 5.19. The minimum absolute atomic E-state index is 0.00910. The fraction of sp³-hybridized carbons (Fsp3) is 0.533. The molecule has 24 heavy (non-hydrogen) atoms. The first-order valence-electron chi connectivity index (χ1n) is 8.01. The molecule has 1 aliphatic rings. The minimum atomic E-state index is -0.501. The molecule has 1 atom stereocenters. The van der Waals surface area contributed by atoms with Crippen molar-refractivity contribution in [1.82, 2.24) is 30.4 Å². The molecular weight excluding hydrogens is 328 g/mol. The number of thiophene rings is 1. The van der Waals surface area contributed by atoms with Crippen molar-refractivity contribution in [1.29, 1.82) is 0 Å². The van der Waals surface area contributed by atoms with Gasteiger partial charge in [-0.15, -0.1) is 16.4 Å². The van der Waals surface area contributed by atoms with E-state index in [1.165, 1.54) is 21.4 Å². The van der Waals surface area contributed by atoms with Crippen LogP contribution in [0.5, 0.6) is 0 Å². The highest BCUT2D eigenvalue weighted by Gasteiger charge is 2.28. The number of fused-ring (bicyclic) bond motifs is 1. The van der Waals surface area contributed by atoms with E-state index in [0.717, 1.165) is 12.8 Å². The maximum atomic E-state index is 12.8. The Bertz CT molecular complexity index is 699. The molecule has 8 nitrogen and oxygen atoms in total. The van der Waals surface area contributed by atoms with Gasteiger partial charge >= 0.3 is 0 Å². The van der Waals surface area contributed by atoms with Gasteiger partial charge in [0, 0.05) is 18.0 Å². The van der Waals surface area contributed by atoms with Gasteiger partial charge in [-0.3, -0.25) is 9.59 Å². The Balaban J connectivity index is 1.62. The second-order valence-electron chi connectivity index (χ2n) is 5.79. The summed E-state index contributed by atoms with van der Waals surface area (Å²) in [4.78, 5) is 28.2. The maximum Gasteiger partial charge on any atom is 0.245 e. The molecule has 0 aromatic carbocycles. The molecule has 0 spiro atoms. The van der Waals surface area contributed by atoms with Crippen LogP contribution in [0, 0.1) is 0 Å². The van der Waals surface area contributed by atoms with Crippen LogP contribution in [0.4, 0.5) is 0 Å². The first-order valence-corrected chi connectivity index (χ1v) is 8.89. The first kappa shape index (κ1) is 16.6. The highest BCUT2D eigenvalue weighted by atomic mass is 32.1. The topological polar surface area (TPSA) is 93.0 Å². The van der Waals surface area contributed by atoms with E-state index in [2.05, 4.69) is 32.3 Å². The summed E-state index contributed by atoms with van der Waals surface area (Å²) in [7, 11) is 0. The highest BCUT2D eigenvalue weighted by molar-refractivity contribution is 7.10. The van der Waals surface area contributed by atoms with Crippen molar-refractivity contribution in [2.45, 2.75) is 45.3 Å². The van der Waals surface area contributed by atoms with E-state index in [-0.39, 0.29) is 18.4 Å². The summed E-state index contributed by atoms with van der Waals surface area (Å²) < 4.78 is 1.33. The van der Waals surface area contributed by atoms with E-state index >= 15 is 0 Å². The molecule has 3 rings (SSSR count). The zero-order chi connectivity index (χ0) is 16.9. The van der Waals surface area contributed by atoms with Crippen LogP contribution in [0.3, 0.4) is 0 Å². The van der Waals surface area contributed by atoms with Gasteiger partial charge in [-0.25, -0.2) is 4.68 Å². The molecule has 3 heterocycles. The van der Waals surface area contributed by atoms with Gasteiger partial charge < -0.3 is 10.2 Å². The summed E-state index contributed by atoms with van der Waals surface area (Å²) in [6, 6.07) is 1.57. The number of aromatic nitrogens is 4. The second kappa shape index (κ2) is 7.52. The number of carbonyl (C=O) groups excluding carboxylic acids is 2. The predicted octanol–water partition coefficient (Wildman–Crippen LogP) is 0.604. The normalized spacial score (nSPS) is 15.0. The fourth-order valence-electron chi connectivity index (χ4n) is 2.84. The van der Waals surface area contributed by atoms with Gasteiger partial charge in [-0.05, 0) is 40.3 Å². The summed E-state index contributed by atoms with van der Waals surface area (Å²) in [6.07, 6.45) is 3.70. The summed E-state index contributed by atoms with van der Waals surface area (Å²) in [5.41, 5.74) is 1.22. The van der Waals surface area contributed by atoms with Gasteiger partial charge in [0.1, 0.15) is 18.9 Å². The van der Waals surface area contributed by atoms with Crippen molar-refractivity contribution in [2.24, 2.45) is 0 Å². The van der Waals surface area contributed by atoms with Gasteiger partial charge in [0.05, 0.1) is 0 Å². The molecule has 9 heteroatoms. The predicted molar refractivity (Wildman–Crippen MR) is 88.1 cm³/mol. The first-order chi connectivity index (χ1) is 11.7. The van der Waals surface area contributed by atoms with Crippen LogP contribution in [0.1, 0.15) is 30.2 Å². The van der Waals surface area contributed by atoms with Crippen molar-refractivity contribution >= 4 is 23.2 Å². The SMILES string of the molecule is CCC[C@@H](NC(=O)Cn1cnnn1)C(=O)N1CCc2sccc2C1. The molecule has 2 aromatic heterocycles. The third-order valence-corrected chi connectivity index (χ3v) is 5.05. The molecule has 0 unspecified atom stereocenters. The lowest BCUT2D eigenvalue weighted by Crippen LogP contribution is -2.50.